The zero-order valence-electron chi connectivity index (χ0n) is 9.27. The minimum Gasteiger partial charge on any atom is -0.497 e. The van der Waals surface area contributed by atoms with Gasteiger partial charge in [0.05, 0.1) is 20.3 Å². The summed E-state index contributed by atoms with van der Waals surface area (Å²) in [4.78, 5) is 13.9. The average Bonchev–Trinajstić information content (AvgIpc) is 3.08. The lowest BCUT2D eigenvalue weighted by molar-refractivity contribution is 0.391. The van der Waals surface area contributed by atoms with Crippen LogP contribution in [-0.4, -0.2) is 26.3 Å². The van der Waals surface area contributed by atoms with Crippen molar-refractivity contribution < 1.29 is 14.3 Å². The topological polar surface area (TPSA) is 47.9 Å². The number of hydrogen-bond donors (Lipinski definition) is 0. The van der Waals surface area contributed by atoms with Crippen molar-refractivity contribution in [2.45, 2.75) is 18.4 Å². The smallest absolute Gasteiger partial charge is 0.235 e. The summed E-state index contributed by atoms with van der Waals surface area (Å²) in [5, 5.41) is 0. The largest absolute Gasteiger partial charge is 0.497 e. The third-order valence-corrected chi connectivity index (χ3v) is 2.82. The first kappa shape index (κ1) is 10.7. The zero-order valence-corrected chi connectivity index (χ0v) is 9.27. The van der Waals surface area contributed by atoms with Crippen LogP contribution in [0.3, 0.4) is 0 Å². The Hall–Kier alpha value is -1.80. The van der Waals surface area contributed by atoms with Crippen molar-refractivity contribution in [1.29, 1.82) is 0 Å². The van der Waals surface area contributed by atoms with Crippen molar-refractivity contribution in [1.82, 2.24) is 0 Å². The van der Waals surface area contributed by atoms with Crippen LogP contribution >= 0.6 is 0 Å². The fourth-order valence-corrected chi connectivity index (χ4v) is 1.85. The Labute approximate surface area is 93.9 Å². The summed E-state index contributed by atoms with van der Waals surface area (Å²) >= 11 is 0. The fourth-order valence-electron chi connectivity index (χ4n) is 1.85. The van der Waals surface area contributed by atoms with E-state index in [9.17, 15) is 4.79 Å². The molecule has 0 aromatic heterocycles. The highest BCUT2D eigenvalue weighted by Crippen LogP contribution is 2.47. The van der Waals surface area contributed by atoms with Crippen LogP contribution in [0.1, 0.15) is 17.9 Å². The SMILES string of the molecule is COc1ccc(C2CC2N=C=O)c(OC)c1. The highest BCUT2D eigenvalue weighted by atomic mass is 16.5. The molecule has 0 N–H and O–H groups in total. The first-order valence-electron chi connectivity index (χ1n) is 5.09. The number of aliphatic imine (C=N–C) groups is 1. The lowest BCUT2D eigenvalue weighted by Crippen LogP contribution is -1.93. The molecule has 1 aliphatic carbocycles. The normalized spacial score (nSPS) is 22.1. The van der Waals surface area contributed by atoms with Gasteiger partial charge in [-0.1, -0.05) is 6.07 Å². The van der Waals surface area contributed by atoms with Crippen LogP contribution in [0, 0.1) is 0 Å². The van der Waals surface area contributed by atoms with Gasteiger partial charge in [0.2, 0.25) is 6.08 Å². The molecule has 2 rings (SSSR count). The molecule has 1 aromatic carbocycles. The first-order chi connectivity index (χ1) is 7.80. The molecule has 0 bridgehead atoms. The highest BCUT2D eigenvalue weighted by molar-refractivity contribution is 5.47. The number of nitrogens with zero attached hydrogens (tertiary/aromatic N) is 1. The van der Waals surface area contributed by atoms with Crippen molar-refractivity contribution in [3.05, 3.63) is 23.8 Å². The van der Waals surface area contributed by atoms with Gasteiger partial charge in [-0.05, 0) is 18.1 Å². The lowest BCUT2D eigenvalue weighted by Gasteiger charge is -2.09. The number of isocyanates is 1. The van der Waals surface area contributed by atoms with Crippen molar-refractivity contribution in [2.24, 2.45) is 4.99 Å². The summed E-state index contributed by atoms with van der Waals surface area (Å²) in [5.41, 5.74) is 1.08. The molecule has 0 aliphatic heterocycles. The number of carbonyl (C=O) groups excluding carboxylic acids is 1. The van der Waals surface area contributed by atoms with Gasteiger partial charge < -0.3 is 9.47 Å². The van der Waals surface area contributed by atoms with Gasteiger partial charge in [-0.3, -0.25) is 0 Å². The number of hydrogen-bond acceptors (Lipinski definition) is 4. The van der Waals surface area contributed by atoms with Crippen molar-refractivity contribution >= 4 is 6.08 Å². The molecule has 4 nitrogen and oxygen atoms in total. The second-order valence-corrected chi connectivity index (χ2v) is 3.74. The van der Waals surface area contributed by atoms with E-state index in [4.69, 9.17) is 9.47 Å². The van der Waals surface area contributed by atoms with Crippen molar-refractivity contribution in [2.75, 3.05) is 14.2 Å². The molecule has 1 aliphatic rings. The van der Waals surface area contributed by atoms with Gasteiger partial charge in [-0.15, -0.1) is 0 Å². The van der Waals surface area contributed by atoms with Gasteiger partial charge in [-0.2, -0.15) is 0 Å². The third kappa shape index (κ3) is 1.92. The van der Waals surface area contributed by atoms with E-state index in [-0.39, 0.29) is 12.0 Å². The van der Waals surface area contributed by atoms with E-state index in [0.29, 0.717) is 0 Å². The Kier molecular flexibility index (Phi) is 2.93. The minimum absolute atomic E-state index is 0.0693. The van der Waals surface area contributed by atoms with Gasteiger partial charge in [0.15, 0.2) is 0 Å². The maximum Gasteiger partial charge on any atom is 0.235 e. The molecular formula is C12H13NO3. The maximum atomic E-state index is 10.1. The van der Waals surface area contributed by atoms with E-state index in [1.165, 1.54) is 0 Å². The van der Waals surface area contributed by atoms with Crippen LogP contribution in [0.2, 0.25) is 0 Å². The molecule has 4 heteroatoms. The standard InChI is InChI=1S/C12H13NO3/c1-15-8-3-4-9(12(5-8)16-2)10-6-11(10)13-7-14/h3-5,10-11H,6H2,1-2H3. The van der Waals surface area contributed by atoms with Crippen molar-refractivity contribution in [3.63, 3.8) is 0 Å². The number of rotatable bonds is 4. The first-order valence-corrected chi connectivity index (χ1v) is 5.09. The van der Waals surface area contributed by atoms with E-state index in [1.54, 1.807) is 20.3 Å². The Morgan fingerprint density at radius 2 is 2.19 bits per heavy atom. The molecule has 0 amide bonds. The third-order valence-electron chi connectivity index (χ3n) is 2.82. The molecular weight excluding hydrogens is 206 g/mol. The molecule has 16 heavy (non-hydrogen) atoms. The summed E-state index contributed by atoms with van der Waals surface area (Å²) in [6.07, 6.45) is 2.49. The van der Waals surface area contributed by atoms with Crippen molar-refractivity contribution in [3.8, 4) is 11.5 Å². The second kappa shape index (κ2) is 4.37. The van der Waals surface area contributed by atoms with E-state index in [1.807, 2.05) is 18.2 Å². The fraction of sp³-hybridized carbons (Fsp3) is 0.417. The molecule has 2 unspecified atom stereocenters. The van der Waals surface area contributed by atoms with Crippen LogP contribution < -0.4 is 9.47 Å². The van der Waals surface area contributed by atoms with Gasteiger partial charge in [0.25, 0.3) is 0 Å². The van der Waals surface area contributed by atoms with Crippen LogP contribution in [0.4, 0.5) is 0 Å². The van der Waals surface area contributed by atoms with E-state index in [2.05, 4.69) is 4.99 Å². The lowest BCUT2D eigenvalue weighted by atomic mass is 10.1. The van der Waals surface area contributed by atoms with Crippen LogP contribution in [0.25, 0.3) is 0 Å². The molecule has 1 saturated carbocycles. The van der Waals surface area contributed by atoms with Gasteiger partial charge in [0, 0.05) is 12.0 Å². The Balaban J connectivity index is 2.25. The molecule has 84 valence electrons. The van der Waals surface area contributed by atoms with Gasteiger partial charge in [0.1, 0.15) is 11.5 Å². The van der Waals surface area contributed by atoms with E-state index < -0.39 is 0 Å². The number of methoxy groups -OCH3 is 2. The second-order valence-electron chi connectivity index (χ2n) is 3.74. The predicted molar refractivity (Wildman–Crippen MR) is 58.8 cm³/mol. The summed E-state index contributed by atoms with van der Waals surface area (Å²) in [6.45, 7) is 0. The Morgan fingerprint density at radius 3 is 2.81 bits per heavy atom. The molecule has 0 saturated heterocycles. The summed E-state index contributed by atoms with van der Waals surface area (Å²) < 4.78 is 10.4. The molecule has 2 atom stereocenters. The van der Waals surface area contributed by atoms with Crippen LogP contribution in [-0.2, 0) is 4.79 Å². The average molecular weight is 219 g/mol. The predicted octanol–water partition coefficient (Wildman–Crippen LogP) is 1.90. The minimum atomic E-state index is 0.0693. The van der Waals surface area contributed by atoms with Crippen LogP contribution in [0.5, 0.6) is 11.5 Å². The van der Waals surface area contributed by atoms with E-state index >= 15 is 0 Å². The zero-order chi connectivity index (χ0) is 11.5. The van der Waals surface area contributed by atoms with E-state index in [0.717, 1.165) is 23.5 Å². The molecule has 0 spiro atoms. The maximum absolute atomic E-state index is 10.1. The number of ether oxygens (including phenoxy) is 2. The molecule has 0 heterocycles. The molecule has 0 radical (unpaired) electrons. The summed E-state index contributed by atoms with van der Waals surface area (Å²) in [5.74, 6) is 1.83. The Morgan fingerprint density at radius 1 is 1.38 bits per heavy atom. The highest BCUT2D eigenvalue weighted by Gasteiger charge is 2.40. The monoisotopic (exact) mass is 219 g/mol. The molecule has 1 aromatic rings. The number of benzene rings is 1. The van der Waals surface area contributed by atoms with Gasteiger partial charge in [-0.25, -0.2) is 9.79 Å². The molecule has 1 fully saturated rings. The van der Waals surface area contributed by atoms with Gasteiger partial charge >= 0.3 is 0 Å². The summed E-state index contributed by atoms with van der Waals surface area (Å²) in [7, 11) is 3.24. The quantitative estimate of drug-likeness (QED) is 0.574. The summed E-state index contributed by atoms with van der Waals surface area (Å²) in [6, 6.07) is 5.76. The Bertz CT molecular complexity index is 438. The van der Waals surface area contributed by atoms with Crippen LogP contribution in [0.15, 0.2) is 23.2 Å².